The van der Waals surface area contributed by atoms with Gasteiger partial charge in [0.15, 0.2) is 5.82 Å². The molecule has 1 aliphatic carbocycles. The molecule has 0 saturated carbocycles. The Morgan fingerprint density at radius 1 is 1.32 bits per heavy atom. The van der Waals surface area contributed by atoms with Crippen LogP contribution in [0.5, 0.6) is 0 Å². The average molecular weight is 257 g/mol. The van der Waals surface area contributed by atoms with E-state index >= 15 is 0 Å². The molecule has 0 unspecified atom stereocenters. The van der Waals surface area contributed by atoms with Gasteiger partial charge in [0.1, 0.15) is 11.5 Å². The average Bonchev–Trinajstić information content (AvgIpc) is 3.03. The van der Waals surface area contributed by atoms with E-state index in [4.69, 9.17) is 9.97 Å². The summed E-state index contributed by atoms with van der Waals surface area (Å²) in [6.45, 7) is 3.12. The number of rotatable bonds is 4. The molecule has 0 aromatic carbocycles. The number of hydrogen-bond acceptors (Lipinski definition) is 4. The Morgan fingerprint density at radius 2 is 2.21 bits per heavy atom. The van der Waals surface area contributed by atoms with Gasteiger partial charge in [-0.3, -0.25) is 0 Å². The number of anilines is 1. The first-order chi connectivity index (χ1) is 9.29. The summed E-state index contributed by atoms with van der Waals surface area (Å²) in [7, 11) is 1.97. The van der Waals surface area contributed by atoms with E-state index in [0.717, 1.165) is 43.1 Å². The van der Waals surface area contributed by atoms with Gasteiger partial charge in [-0.05, 0) is 25.7 Å². The molecule has 2 aromatic rings. The maximum atomic E-state index is 4.71. The minimum Gasteiger partial charge on any atom is -0.370 e. The molecular weight excluding hydrogens is 238 g/mol. The second-order valence-corrected chi connectivity index (χ2v) is 4.99. The van der Waals surface area contributed by atoms with Crippen molar-refractivity contribution >= 4 is 5.82 Å². The summed E-state index contributed by atoms with van der Waals surface area (Å²) in [6.07, 6.45) is 8.03. The Morgan fingerprint density at radius 3 is 2.95 bits per heavy atom. The second kappa shape index (κ2) is 4.99. The first kappa shape index (κ1) is 12.1. The second-order valence-electron chi connectivity index (χ2n) is 4.99. The van der Waals surface area contributed by atoms with E-state index in [2.05, 4.69) is 17.2 Å². The van der Waals surface area contributed by atoms with Crippen LogP contribution < -0.4 is 5.32 Å². The fraction of sp³-hybridized carbons (Fsp3) is 0.500. The van der Waals surface area contributed by atoms with Crippen molar-refractivity contribution in [2.75, 3.05) is 11.9 Å². The standard InChI is InChI=1S/C14H19N5/c1-3-7-16-13-10-5-4-6-11(10)17-14(18-13)12-8-15-9-19(12)2/h8-9H,3-7H2,1-2H3,(H,16,17,18). The lowest BCUT2D eigenvalue weighted by Crippen LogP contribution is -2.08. The fourth-order valence-corrected chi connectivity index (χ4v) is 2.51. The van der Waals surface area contributed by atoms with Gasteiger partial charge in [-0.25, -0.2) is 15.0 Å². The molecule has 100 valence electrons. The number of fused-ring (bicyclic) bond motifs is 1. The third kappa shape index (κ3) is 2.20. The smallest absolute Gasteiger partial charge is 0.180 e. The van der Waals surface area contributed by atoms with Crippen molar-refractivity contribution in [1.29, 1.82) is 0 Å². The molecule has 0 bridgehead atoms. The van der Waals surface area contributed by atoms with E-state index in [1.165, 1.54) is 17.7 Å². The molecule has 0 fully saturated rings. The Balaban J connectivity index is 2.05. The number of nitrogens with one attached hydrogen (secondary N) is 1. The molecule has 2 aromatic heterocycles. The topological polar surface area (TPSA) is 55.6 Å². The molecule has 5 heteroatoms. The molecule has 3 rings (SSSR count). The van der Waals surface area contributed by atoms with Gasteiger partial charge in [-0.1, -0.05) is 6.92 Å². The zero-order valence-electron chi connectivity index (χ0n) is 11.5. The summed E-state index contributed by atoms with van der Waals surface area (Å²) in [6, 6.07) is 0. The van der Waals surface area contributed by atoms with Crippen LogP contribution in [0.1, 0.15) is 31.0 Å². The molecule has 1 aliphatic rings. The van der Waals surface area contributed by atoms with E-state index in [1.54, 1.807) is 6.33 Å². The first-order valence-electron chi connectivity index (χ1n) is 6.90. The Bertz CT molecular complexity index is 588. The van der Waals surface area contributed by atoms with Crippen LogP contribution in [0.2, 0.25) is 0 Å². The SMILES string of the molecule is CCCNc1nc(-c2cncn2C)nc2c1CCC2. The first-order valence-corrected chi connectivity index (χ1v) is 6.90. The monoisotopic (exact) mass is 257 g/mol. The van der Waals surface area contributed by atoms with Crippen LogP contribution in [0, 0.1) is 0 Å². The van der Waals surface area contributed by atoms with Crippen molar-refractivity contribution in [3.63, 3.8) is 0 Å². The van der Waals surface area contributed by atoms with E-state index in [-0.39, 0.29) is 0 Å². The largest absolute Gasteiger partial charge is 0.370 e. The summed E-state index contributed by atoms with van der Waals surface area (Å²) in [5.74, 6) is 1.79. The molecule has 2 heterocycles. The summed E-state index contributed by atoms with van der Waals surface area (Å²) in [5.41, 5.74) is 3.47. The van der Waals surface area contributed by atoms with Crippen LogP contribution in [0.4, 0.5) is 5.82 Å². The zero-order valence-corrected chi connectivity index (χ0v) is 11.5. The zero-order chi connectivity index (χ0) is 13.2. The number of aryl methyl sites for hydroxylation is 2. The molecule has 0 radical (unpaired) electrons. The third-order valence-electron chi connectivity index (χ3n) is 3.52. The minimum atomic E-state index is 0.777. The van der Waals surface area contributed by atoms with Crippen molar-refractivity contribution in [2.45, 2.75) is 32.6 Å². The van der Waals surface area contributed by atoms with Gasteiger partial charge in [0.25, 0.3) is 0 Å². The van der Waals surface area contributed by atoms with Crippen molar-refractivity contribution in [3.8, 4) is 11.5 Å². The van der Waals surface area contributed by atoms with Crippen LogP contribution in [-0.2, 0) is 19.9 Å². The summed E-state index contributed by atoms with van der Waals surface area (Å²) in [4.78, 5) is 13.6. The molecule has 0 saturated heterocycles. The minimum absolute atomic E-state index is 0.777. The van der Waals surface area contributed by atoms with Gasteiger partial charge in [-0.15, -0.1) is 0 Å². The van der Waals surface area contributed by atoms with Gasteiger partial charge in [0.05, 0.1) is 12.5 Å². The normalized spacial score (nSPS) is 13.6. The molecule has 0 amide bonds. The van der Waals surface area contributed by atoms with Gasteiger partial charge in [0, 0.05) is 24.8 Å². The van der Waals surface area contributed by atoms with Crippen molar-refractivity contribution in [3.05, 3.63) is 23.8 Å². The molecule has 1 N–H and O–H groups in total. The highest BCUT2D eigenvalue weighted by Gasteiger charge is 2.20. The number of aromatic nitrogens is 4. The van der Waals surface area contributed by atoms with Crippen LogP contribution in [-0.4, -0.2) is 26.1 Å². The predicted molar refractivity (Wildman–Crippen MR) is 75.0 cm³/mol. The van der Waals surface area contributed by atoms with Crippen LogP contribution in [0.25, 0.3) is 11.5 Å². The quantitative estimate of drug-likeness (QED) is 0.912. The highest BCUT2D eigenvalue weighted by Crippen LogP contribution is 2.28. The molecule has 0 aliphatic heterocycles. The lowest BCUT2D eigenvalue weighted by Gasteiger charge is -2.11. The summed E-state index contributed by atoms with van der Waals surface area (Å²) in [5, 5.41) is 3.44. The van der Waals surface area contributed by atoms with Crippen LogP contribution in [0.3, 0.4) is 0 Å². The molecular formula is C14H19N5. The van der Waals surface area contributed by atoms with Gasteiger partial charge < -0.3 is 9.88 Å². The maximum Gasteiger partial charge on any atom is 0.180 e. The Labute approximate surface area is 113 Å². The van der Waals surface area contributed by atoms with Gasteiger partial charge in [-0.2, -0.15) is 0 Å². The predicted octanol–water partition coefficient (Wildman–Crippen LogP) is 2.19. The van der Waals surface area contributed by atoms with E-state index in [1.807, 2.05) is 17.8 Å². The van der Waals surface area contributed by atoms with Crippen LogP contribution >= 0.6 is 0 Å². The van der Waals surface area contributed by atoms with Crippen molar-refractivity contribution in [2.24, 2.45) is 7.05 Å². The summed E-state index contributed by atoms with van der Waals surface area (Å²) < 4.78 is 1.96. The Hall–Kier alpha value is -1.91. The van der Waals surface area contributed by atoms with Gasteiger partial charge >= 0.3 is 0 Å². The van der Waals surface area contributed by atoms with Crippen molar-refractivity contribution in [1.82, 2.24) is 19.5 Å². The third-order valence-corrected chi connectivity index (χ3v) is 3.52. The van der Waals surface area contributed by atoms with Gasteiger partial charge in [0.2, 0.25) is 0 Å². The van der Waals surface area contributed by atoms with Crippen molar-refractivity contribution < 1.29 is 0 Å². The molecule has 0 atom stereocenters. The number of nitrogens with zero attached hydrogens (tertiary/aromatic N) is 4. The van der Waals surface area contributed by atoms with E-state index in [9.17, 15) is 0 Å². The Kier molecular flexibility index (Phi) is 3.19. The van der Waals surface area contributed by atoms with E-state index < -0.39 is 0 Å². The lowest BCUT2D eigenvalue weighted by molar-refractivity contribution is 0.891. The summed E-state index contributed by atoms with van der Waals surface area (Å²) >= 11 is 0. The van der Waals surface area contributed by atoms with E-state index in [0.29, 0.717) is 0 Å². The lowest BCUT2D eigenvalue weighted by atomic mass is 10.2. The molecule has 0 spiro atoms. The molecule has 5 nitrogen and oxygen atoms in total. The fourth-order valence-electron chi connectivity index (χ4n) is 2.51. The number of imidazole rings is 1. The highest BCUT2D eigenvalue weighted by atomic mass is 15.1. The highest BCUT2D eigenvalue weighted by molar-refractivity contribution is 5.57. The van der Waals surface area contributed by atoms with Crippen LogP contribution in [0.15, 0.2) is 12.5 Å². The maximum absolute atomic E-state index is 4.71. The number of hydrogen-bond donors (Lipinski definition) is 1. The molecule has 19 heavy (non-hydrogen) atoms.